The largest absolute Gasteiger partial charge is 0.496 e. The highest BCUT2D eigenvalue weighted by atomic mass is 32.1. The number of methoxy groups -OCH3 is 1. The van der Waals surface area contributed by atoms with Gasteiger partial charge in [0.05, 0.1) is 29.4 Å². The van der Waals surface area contributed by atoms with Crippen molar-refractivity contribution in [1.29, 1.82) is 0 Å². The third kappa shape index (κ3) is 4.67. The van der Waals surface area contributed by atoms with Crippen LogP contribution >= 0.6 is 11.3 Å². The zero-order valence-electron chi connectivity index (χ0n) is 18.3. The van der Waals surface area contributed by atoms with E-state index in [-0.39, 0.29) is 11.8 Å². The standard InChI is InChI=1S/C25H25N5O2S/c1-32-21-7-3-2-6-19(21)20-15-33-22-14-27-25(30-23(20)22)29-18-10-8-17(9-11-18)28-24(31)16-5-4-12-26-13-16/h2-3,6-11,14-16,26H,4-5,12-13H2,1H3,(H,28,31)(H,27,29,30)/t16-/m0/s1. The van der Waals surface area contributed by atoms with E-state index < -0.39 is 0 Å². The minimum atomic E-state index is 0.0275. The van der Waals surface area contributed by atoms with Crippen molar-refractivity contribution in [3.63, 3.8) is 0 Å². The number of anilines is 3. The number of nitrogens with one attached hydrogen (secondary N) is 3. The summed E-state index contributed by atoms with van der Waals surface area (Å²) in [6.45, 7) is 1.73. The van der Waals surface area contributed by atoms with Crippen LogP contribution in [-0.4, -0.2) is 36.1 Å². The van der Waals surface area contributed by atoms with Gasteiger partial charge in [-0.2, -0.15) is 0 Å². The van der Waals surface area contributed by atoms with Crippen LogP contribution in [0.2, 0.25) is 0 Å². The molecule has 0 bridgehead atoms. The normalized spacial score (nSPS) is 15.8. The first-order chi connectivity index (χ1) is 16.2. The Hall–Kier alpha value is -3.49. The average Bonchev–Trinajstić information content (AvgIpc) is 3.29. The van der Waals surface area contributed by atoms with Crippen LogP contribution in [0.25, 0.3) is 21.3 Å². The number of benzene rings is 2. The molecule has 33 heavy (non-hydrogen) atoms. The number of para-hydroxylation sites is 1. The lowest BCUT2D eigenvalue weighted by atomic mass is 9.99. The van der Waals surface area contributed by atoms with E-state index in [1.54, 1.807) is 18.4 Å². The Morgan fingerprint density at radius 3 is 2.73 bits per heavy atom. The highest BCUT2D eigenvalue weighted by Crippen LogP contribution is 2.37. The molecule has 1 atom stereocenters. The molecule has 5 rings (SSSR count). The van der Waals surface area contributed by atoms with Crippen molar-refractivity contribution in [3.8, 4) is 16.9 Å². The van der Waals surface area contributed by atoms with Gasteiger partial charge >= 0.3 is 0 Å². The Kier molecular flexibility index (Phi) is 6.19. The minimum Gasteiger partial charge on any atom is -0.496 e. The van der Waals surface area contributed by atoms with E-state index in [2.05, 4.69) is 26.3 Å². The van der Waals surface area contributed by atoms with Gasteiger partial charge in [-0.3, -0.25) is 4.79 Å². The number of amides is 1. The molecule has 0 unspecified atom stereocenters. The molecule has 0 saturated carbocycles. The molecule has 3 heterocycles. The first kappa shape index (κ1) is 21.4. The molecule has 8 heteroatoms. The lowest BCUT2D eigenvalue weighted by molar-refractivity contribution is -0.120. The summed E-state index contributed by atoms with van der Waals surface area (Å²) in [6.07, 6.45) is 3.80. The number of hydrogen-bond acceptors (Lipinski definition) is 7. The third-order valence-electron chi connectivity index (χ3n) is 5.79. The van der Waals surface area contributed by atoms with Gasteiger partial charge in [0.15, 0.2) is 0 Å². The molecule has 1 amide bonds. The first-order valence-electron chi connectivity index (χ1n) is 11.0. The number of piperidine rings is 1. The zero-order chi connectivity index (χ0) is 22.6. The number of ether oxygens (including phenoxy) is 1. The fraction of sp³-hybridized carbons (Fsp3) is 0.240. The number of aromatic nitrogens is 2. The van der Waals surface area contributed by atoms with Gasteiger partial charge in [0, 0.05) is 34.4 Å². The maximum absolute atomic E-state index is 12.4. The molecular weight excluding hydrogens is 434 g/mol. The van der Waals surface area contributed by atoms with Crippen LogP contribution in [0.1, 0.15) is 12.8 Å². The Labute approximate surface area is 196 Å². The summed E-state index contributed by atoms with van der Waals surface area (Å²) in [5.41, 5.74) is 4.54. The van der Waals surface area contributed by atoms with E-state index in [0.717, 1.165) is 64.4 Å². The molecule has 7 nitrogen and oxygen atoms in total. The molecular formula is C25H25N5O2S. The van der Waals surface area contributed by atoms with Gasteiger partial charge in [-0.25, -0.2) is 9.97 Å². The van der Waals surface area contributed by atoms with Gasteiger partial charge in [0.2, 0.25) is 11.9 Å². The summed E-state index contributed by atoms with van der Waals surface area (Å²) in [5.74, 6) is 1.42. The molecule has 1 aliphatic rings. The summed E-state index contributed by atoms with van der Waals surface area (Å²) < 4.78 is 6.54. The second-order valence-corrected chi connectivity index (χ2v) is 8.90. The van der Waals surface area contributed by atoms with Crippen molar-refractivity contribution in [1.82, 2.24) is 15.3 Å². The lowest BCUT2D eigenvalue weighted by Crippen LogP contribution is -2.37. The van der Waals surface area contributed by atoms with Gasteiger partial charge < -0.3 is 20.7 Å². The first-order valence-corrected chi connectivity index (χ1v) is 11.9. The lowest BCUT2D eigenvalue weighted by Gasteiger charge is -2.21. The predicted molar refractivity (Wildman–Crippen MR) is 133 cm³/mol. The molecule has 0 spiro atoms. The number of hydrogen-bond donors (Lipinski definition) is 3. The number of rotatable bonds is 6. The van der Waals surface area contributed by atoms with Gasteiger partial charge in [0.1, 0.15) is 5.75 Å². The Bertz CT molecular complexity index is 1270. The molecule has 3 N–H and O–H groups in total. The van der Waals surface area contributed by atoms with Crippen LogP contribution in [0.4, 0.5) is 17.3 Å². The van der Waals surface area contributed by atoms with Crippen LogP contribution in [0.3, 0.4) is 0 Å². The molecule has 0 aliphatic carbocycles. The van der Waals surface area contributed by atoms with Crippen molar-refractivity contribution in [2.75, 3.05) is 30.8 Å². The predicted octanol–water partition coefficient (Wildman–Crippen LogP) is 5.05. The van der Waals surface area contributed by atoms with Gasteiger partial charge in [-0.1, -0.05) is 18.2 Å². The van der Waals surface area contributed by atoms with Crippen molar-refractivity contribution in [2.24, 2.45) is 5.92 Å². The number of carbonyl (C=O) groups is 1. The number of thiophene rings is 1. The SMILES string of the molecule is COc1ccccc1-c1csc2cnc(Nc3ccc(NC(=O)[C@H]4CCCNC4)cc3)nc12. The summed E-state index contributed by atoms with van der Waals surface area (Å²) >= 11 is 1.61. The van der Waals surface area contributed by atoms with E-state index in [0.29, 0.717) is 5.95 Å². The van der Waals surface area contributed by atoms with Crippen LogP contribution in [0.5, 0.6) is 5.75 Å². The molecule has 1 fully saturated rings. The summed E-state index contributed by atoms with van der Waals surface area (Å²) in [6, 6.07) is 15.5. The monoisotopic (exact) mass is 459 g/mol. The smallest absolute Gasteiger partial charge is 0.228 e. The van der Waals surface area contributed by atoms with E-state index in [4.69, 9.17) is 9.72 Å². The Morgan fingerprint density at radius 1 is 1.12 bits per heavy atom. The van der Waals surface area contributed by atoms with Crippen molar-refractivity contribution >= 4 is 44.8 Å². The molecule has 0 radical (unpaired) electrons. The molecule has 4 aromatic rings. The Morgan fingerprint density at radius 2 is 1.94 bits per heavy atom. The fourth-order valence-electron chi connectivity index (χ4n) is 4.03. The summed E-state index contributed by atoms with van der Waals surface area (Å²) in [7, 11) is 1.67. The van der Waals surface area contributed by atoms with Crippen LogP contribution in [-0.2, 0) is 4.79 Å². The van der Waals surface area contributed by atoms with E-state index in [1.807, 2.05) is 54.7 Å². The maximum Gasteiger partial charge on any atom is 0.228 e. The molecule has 2 aromatic heterocycles. The molecule has 1 saturated heterocycles. The quantitative estimate of drug-likeness (QED) is 0.374. The molecule has 2 aromatic carbocycles. The topological polar surface area (TPSA) is 88.2 Å². The summed E-state index contributed by atoms with van der Waals surface area (Å²) in [5, 5.41) is 11.6. The third-order valence-corrected chi connectivity index (χ3v) is 6.69. The van der Waals surface area contributed by atoms with Crippen LogP contribution < -0.4 is 20.7 Å². The van der Waals surface area contributed by atoms with Crippen molar-refractivity contribution in [3.05, 3.63) is 60.1 Å². The van der Waals surface area contributed by atoms with E-state index >= 15 is 0 Å². The number of fused-ring (bicyclic) bond motifs is 1. The molecule has 1 aliphatic heterocycles. The average molecular weight is 460 g/mol. The second kappa shape index (κ2) is 9.56. The number of carbonyl (C=O) groups excluding carboxylic acids is 1. The Balaban J connectivity index is 1.32. The maximum atomic E-state index is 12.4. The van der Waals surface area contributed by atoms with Crippen LogP contribution in [0, 0.1) is 5.92 Å². The van der Waals surface area contributed by atoms with Gasteiger partial charge in [-0.15, -0.1) is 11.3 Å². The van der Waals surface area contributed by atoms with Crippen LogP contribution in [0.15, 0.2) is 60.1 Å². The summed E-state index contributed by atoms with van der Waals surface area (Å²) in [4.78, 5) is 21.7. The molecule has 168 valence electrons. The van der Waals surface area contributed by atoms with E-state index in [9.17, 15) is 4.79 Å². The number of nitrogens with zero attached hydrogens (tertiary/aromatic N) is 2. The van der Waals surface area contributed by atoms with Crippen molar-refractivity contribution < 1.29 is 9.53 Å². The van der Waals surface area contributed by atoms with Gasteiger partial charge in [0.25, 0.3) is 0 Å². The highest BCUT2D eigenvalue weighted by Gasteiger charge is 2.20. The zero-order valence-corrected chi connectivity index (χ0v) is 19.1. The van der Waals surface area contributed by atoms with Crippen molar-refractivity contribution in [2.45, 2.75) is 12.8 Å². The van der Waals surface area contributed by atoms with E-state index in [1.165, 1.54) is 0 Å². The second-order valence-electron chi connectivity index (χ2n) is 7.99. The minimum absolute atomic E-state index is 0.0275. The highest BCUT2D eigenvalue weighted by molar-refractivity contribution is 7.17. The fourth-order valence-corrected chi connectivity index (χ4v) is 4.90. The van der Waals surface area contributed by atoms with Gasteiger partial charge in [-0.05, 0) is 49.7 Å².